The van der Waals surface area contributed by atoms with Gasteiger partial charge < -0.3 is 0 Å². The zero-order chi connectivity index (χ0) is 53.9. The Hall–Kier alpha value is -3.91. The molecule has 6 nitrogen and oxygen atoms in total. The third-order valence-corrected chi connectivity index (χ3v) is 16.4. The molecular weight excluding hydrogens is 1020 g/mol. The Morgan fingerprint density at radius 1 is 0.440 bits per heavy atom. The minimum Gasteiger partial charge on any atom is -0.273 e. The van der Waals surface area contributed by atoms with Gasteiger partial charge >= 0.3 is 21.7 Å². The first-order valence-electron chi connectivity index (χ1n) is 26.9. The van der Waals surface area contributed by atoms with Crippen LogP contribution in [0.2, 0.25) is 0 Å². The van der Waals surface area contributed by atoms with Crippen LogP contribution in [0.25, 0.3) is 0 Å². The van der Waals surface area contributed by atoms with Gasteiger partial charge in [-0.05, 0) is 74.2 Å². The normalized spacial score (nSPS) is 12.5. The molecule has 0 saturated carbocycles. The molecule has 0 fully saturated rings. The van der Waals surface area contributed by atoms with E-state index in [1.165, 1.54) is 142 Å². The van der Waals surface area contributed by atoms with Crippen LogP contribution in [0.4, 0.5) is 17.6 Å². The van der Waals surface area contributed by atoms with Crippen LogP contribution in [0.1, 0.15) is 177 Å². The second-order valence-electron chi connectivity index (χ2n) is 19.0. The Bertz CT molecular complexity index is 2320. The number of benzene rings is 4. The van der Waals surface area contributed by atoms with Crippen LogP contribution >= 0.6 is 0 Å². The summed E-state index contributed by atoms with van der Waals surface area (Å²) in [6, 6.07) is 22.3. The van der Waals surface area contributed by atoms with E-state index in [1.807, 2.05) is 60.7 Å². The second-order valence-corrected chi connectivity index (χ2v) is 23.1. The number of aryl methyl sites for hydroxylation is 2. The van der Waals surface area contributed by atoms with E-state index in [1.54, 1.807) is 24.3 Å². The van der Waals surface area contributed by atoms with Crippen LogP contribution in [-0.4, -0.2) is 39.5 Å². The van der Waals surface area contributed by atoms with Crippen LogP contribution in [0.3, 0.4) is 0 Å². The number of allylic oxidation sites excluding steroid dienone is 8. The third kappa shape index (κ3) is 27.8. The fraction of sp³-hybridized carbons (Fsp3) is 0.484. The average molecular weight is 1110 g/mol. The zero-order valence-electron chi connectivity index (χ0n) is 45.1. The average Bonchev–Trinajstić information content (AvgIpc) is 4.19. The SMILES string of the molecule is CCCCCCCCCCCCc1ccc(S(=O)(=O)N(C)Cc2ccc(F)[c-]c2F)cc1.CCCCCCCCCCCCc1ccc(S(=O)(=O)N(C)Cc2ccc(F)[c-]c2F)cc1.[C-]1=CC=CC1.[C-]1=CC=CC1.[Ti+4]. The minimum atomic E-state index is -3.77. The molecule has 75 heavy (non-hydrogen) atoms. The van der Waals surface area contributed by atoms with Crippen LogP contribution in [0, 0.1) is 47.6 Å². The van der Waals surface area contributed by atoms with E-state index in [-0.39, 0.29) is 55.7 Å². The van der Waals surface area contributed by atoms with E-state index in [0.29, 0.717) is 0 Å². The topological polar surface area (TPSA) is 74.8 Å². The Morgan fingerprint density at radius 2 is 0.747 bits per heavy atom. The van der Waals surface area contributed by atoms with Gasteiger partial charge in [0.25, 0.3) is 0 Å². The molecule has 0 radical (unpaired) electrons. The molecule has 13 heteroatoms. The van der Waals surface area contributed by atoms with Crippen LogP contribution in [-0.2, 0) is 67.7 Å². The summed E-state index contributed by atoms with van der Waals surface area (Å²) >= 11 is 0. The smallest absolute Gasteiger partial charge is 0.273 e. The molecule has 2 aliphatic carbocycles. The van der Waals surface area contributed by atoms with Crippen molar-refractivity contribution >= 4 is 20.0 Å². The molecule has 0 aromatic heterocycles. The number of rotatable bonds is 30. The molecule has 4 aromatic carbocycles. The minimum absolute atomic E-state index is 0. The van der Waals surface area contributed by atoms with Gasteiger partial charge in [0.15, 0.2) is 0 Å². The monoisotopic (exact) mass is 1110 g/mol. The van der Waals surface area contributed by atoms with Crippen molar-refractivity contribution in [2.24, 2.45) is 0 Å². The van der Waals surface area contributed by atoms with Gasteiger partial charge in [-0.2, -0.15) is 24.3 Å². The summed E-state index contributed by atoms with van der Waals surface area (Å²) in [5.74, 6) is -3.37. The van der Waals surface area contributed by atoms with Crippen molar-refractivity contribution in [3.63, 3.8) is 0 Å². The summed E-state index contributed by atoms with van der Waals surface area (Å²) in [7, 11) is -4.76. The summed E-state index contributed by atoms with van der Waals surface area (Å²) in [5, 5.41) is 0. The second kappa shape index (κ2) is 39.5. The molecule has 0 aliphatic heterocycles. The van der Waals surface area contributed by atoms with Crippen LogP contribution < -0.4 is 0 Å². The molecule has 6 rings (SSSR count). The van der Waals surface area contributed by atoms with Gasteiger partial charge in [-0.15, -0.1) is 48.2 Å². The molecule has 0 amide bonds. The van der Waals surface area contributed by atoms with Crippen LogP contribution in [0.15, 0.2) is 119 Å². The van der Waals surface area contributed by atoms with Gasteiger partial charge in [0.05, 0.1) is 9.79 Å². The molecule has 4 aromatic rings. The van der Waals surface area contributed by atoms with Crippen molar-refractivity contribution in [1.82, 2.24) is 8.61 Å². The molecule has 0 spiro atoms. The van der Waals surface area contributed by atoms with Crippen molar-refractivity contribution in [2.45, 2.75) is 191 Å². The molecule has 0 heterocycles. The maximum Gasteiger partial charge on any atom is 4.00 e. The number of nitrogens with zero attached hydrogens (tertiary/aromatic N) is 2. The van der Waals surface area contributed by atoms with E-state index in [9.17, 15) is 34.4 Å². The summed E-state index contributed by atoms with van der Waals surface area (Å²) in [6.45, 7) is 4.10. The summed E-state index contributed by atoms with van der Waals surface area (Å²) in [6.07, 6.45) is 47.6. The number of halogens is 4. The Morgan fingerprint density at radius 3 is 1.00 bits per heavy atom. The first-order valence-corrected chi connectivity index (χ1v) is 29.8. The molecular formula is C62H82F4N2O4S2Ti. The zero-order valence-corrected chi connectivity index (χ0v) is 48.3. The van der Waals surface area contributed by atoms with Crippen LogP contribution in [0.5, 0.6) is 0 Å². The third-order valence-electron chi connectivity index (χ3n) is 12.7. The number of sulfonamides is 2. The van der Waals surface area contributed by atoms with Crippen molar-refractivity contribution < 1.29 is 56.1 Å². The van der Waals surface area contributed by atoms with Crippen molar-refractivity contribution in [2.75, 3.05) is 14.1 Å². The molecule has 0 unspecified atom stereocenters. The number of hydrogen-bond donors (Lipinski definition) is 0. The van der Waals surface area contributed by atoms with E-state index < -0.39 is 43.3 Å². The molecule has 408 valence electrons. The molecule has 0 atom stereocenters. The van der Waals surface area contributed by atoms with E-state index >= 15 is 0 Å². The molecule has 0 N–H and O–H groups in total. The van der Waals surface area contributed by atoms with E-state index in [2.05, 4.69) is 38.2 Å². The van der Waals surface area contributed by atoms with E-state index in [4.69, 9.17) is 0 Å². The van der Waals surface area contributed by atoms with Crippen molar-refractivity contribution in [1.29, 1.82) is 0 Å². The predicted molar refractivity (Wildman–Crippen MR) is 295 cm³/mol. The predicted octanol–water partition coefficient (Wildman–Crippen LogP) is 16.7. The van der Waals surface area contributed by atoms with Gasteiger partial charge in [-0.1, -0.05) is 154 Å². The standard InChI is InChI=1S/2C26H36F2NO2S.2C5H5.Ti/c2*1-3-4-5-6-7-8-9-10-11-12-13-22-14-18-25(19-15-22)32(30,31)29(2)21-23-16-17-24(27)20-26(23)28;2*1-2-4-5-3-1;/h2*14-19H,3-13,21H2,1-2H3;2*1-3H,4H2;/q4*-1;+4. The number of unbranched alkanes of at least 4 members (excludes halogenated alkanes) is 18. The fourth-order valence-electron chi connectivity index (χ4n) is 8.17. The Labute approximate surface area is 465 Å². The quantitative estimate of drug-likeness (QED) is 0.0226. The van der Waals surface area contributed by atoms with Crippen molar-refractivity contribution in [3.8, 4) is 0 Å². The van der Waals surface area contributed by atoms with Gasteiger partial charge in [0, 0.05) is 37.4 Å². The summed E-state index contributed by atoms with van der Waals surface area (Å²) in [4.78, 5) is 0.330. The fourth-order valence-corrected chi connectivity index (χ4v) is 10.5. The van der Waals surface area contributed by atoms with Crippen molar-refractivity contribution in [3.05, 3.63) is 179 Å². The largest absolute Gasteiger partial charge is 4.00 e. The van der Waals surface area contributed by atoms with Gasteiger partial charge in [0.2, 0.25) is 20.0 Å². The van der Waals surface area contributed by atoms with Gasteiger partial charge in [-0.3, -0.25) is 12.2 Å². The summed E-state index contributed by atoms with van der Waals surface area (Å²) in [5.41, 5.74) is 2.39. The first-order chi connectivity index (χ1) is 35.7. The van der Waals surface area contributed by atoms with Gasteiger partial charge in [0.1, 0.15) is 0 Å². The maximum absolute atomic E-state index is 13.8. The molecule has 0 bridgehead atoms. The van der Waals surface area contributed by atoms with E-state index in [0.717, 1.165) is 70.4 Å². The molecule has 2 aliphatic rings. The summed E-state index contributed by atoms with van der Waals surface area (Å²) < 4.78 is 107. The van der Waals surface area contributed by atoms with Gasteiger partial charge in [-0.25, -0.2) is 67.3 Å². The Balaban J connectivity index is 0.000000425. The Kier molecular flexibility index (Phi) is 35.4. The molecule has 0 saturated heterocycles. The first kappa shape index (κ1) is 67.2. The maximum atomic E-state index is 13.8. The number of hydrogen-bond acceptors (Lipinski definition) is 4.